The fraction of sp³-hybridized carbons (Fsp3) is 0.600. The van der Waals surface area contributed by atoms with Gasteiger partial charge < -0.3 is 15.7 Å². The molecule has 0 aromatic carbocycles. The molecular weight excluding hydrogens is 288 g/mol. The Labute approximate surface area is 128 Å². The van der Waals surface area contributed by atoms with Gasteiger partial charge in [0.1, 0.15) is 6.04 Å². The molecule has 1 aliphatic carbocycles. The number of hydrogen-bond acceptors (Lipinski definition) is 4. The van der Waals surface area contributed by atoms with E-state index in [1.54, 1.807) is 17.5 Å². The topological polar surface area (TPSA) is 78.4 Å². The van der Waals surface area contributed by atoms with Crippen LogP contribution in [0.5, 0.6) is 0 Å². The number of aliphatic hydroxyl groups excluding tert-OH is 1. The molecule has 116 valence electrons. The van der Waals surface area contributed by atoms with Gasteiger partial charge in [-0.1, -0.05) is 25.3 Å². The maximum atomic E-state index is 12.0. The fourth-order valence-corrected chi connectivity index (χ4v) is 3.22. The number of rotatable bonds is 6. The summed E-state index contributed by atoms with van der Waals surface area (Å²) in [4.78, 5) is 24.5. The lowest BCUT2D eigenvalue weighted by atomic mass is 9.89. The largest absolute Gasteiger partial charge is 0.394 e. The summed E-state index contributed by atoms with van der Waals surface area (Å²) in [6.07, 6.45) is 6.01. The Bertz CT molecular complexity index is 455. The number of carbonyl (C=O) groups excluding carboxylic acids is 2. The van der Waals surface area contributed by atoms with Crippen molar-refractivity contribution >= 4 is 23.2 Å². The highest BCUT2D eigenvalue weighted by atomic mass is 32.1. The Morgan fingerprint density at radius 1 is 1.33 bits per heavy atom. The zero-order valence-electron chi connectivity index (χ0n) is 12.0. The van der Waals surface area contributed by atoms with E-state index >= 15 is 0 Å². The van der Waals surface area contributed by atoms with Gasteiger partial charge in [-0.25, -0.2) is 0 Å². The van der Waals surface area contributed by atoms with Crippen molar-refractivity contribution in [3.8, 4) is 0 Å². The minimum Gasteiger partial charge on any atom is -0.394 e. The normalized spacial score (nSPS) is 17.2. The molecule has 1 fully saturated rings. The van der Waals surface area contributed by atoms with Crippen molar-refractivity contribution in [1.82, 2.24) is 10.6 Å². The van der Waals surface area contributed by atoms with Gasteiger partial charge in [0.25, 0.3) is 5.91 Å². The first-order valence-electron chi connectivity index (χ1n) is 7.43. The third kappa shape index (κ3) is 4.82. The minimum absolute atomic E-state index is 0.312. The quantitative estimate of drug-likeness (QED) is 0.746. The average Bonchev–Trinajstić information content (AvgIpc) is 3.05. The Balaban J connectivity index is 1.79. The number of amides is 2. The van der Waals surface area contributed by atoms with Crippen molar-refractivity contribution in [3.63, 3.8) is 0 Å². The lowest BCUT2D eigenvalue weighted by molar-refractivity contribution is -0.124. The molecule has 3 N–H and O–H groups in total. The molecule has 1 atom stereocenters. The van der Waals surface area contributed by atoms with E-state index in [0.29, 0.717) is 17.3 Å². The molecule has 6 heteroatoms. The maximum absolute atomic E-state index is 12.0. The van der Waals surface area contributed by atoms with E-state index in [0.717, 1.165) is 12.8 Å². The molecule has 1 aromatic rings. The van der Waals surface area contributed by atoms with Crippen LogP contribution < -0.4 is 10.6 Å². The summed E-state index contributed by atoms with van der Waals surface area (Å²) in [7, 11) is 0. The van der Waals surface area contributed by atoms with Crippen LogP contribution >= 0.6 is 11.3 Å². The Morgan fingerprint density at radius 2 is 2.10 bits per heavy atom. The summed E-state index contributed by atoms with van der Waals surface area (Å²) in [6.45, 7) is 0.234. The van der Waals surface area contributed by atoms with Gasteiger partial charge >= 0.3 is 0 Å². The summed E-state index contributed by atoms with van der Waals surface area (Å²) in [5.41, 5.74) is 0. The van der Waals surface area contributed by atoms with E-state index in [9.17, 15) is 14.7 Å². The number of thiophene rings is 1. The predicted molar refractivity (Wildman–Crippen MR) is 82.2 cm³/mol. The van der Waals surface area contributed by atoms with Crippen LogP contribution in [0, 0.1) is 5.92 Å². The minimum atomic E-state index is -0.886. The molecule has 2 rings (SSSR count). The monoisotopic (exact) mass is 310 g/mol. The van der Waals surface area contributed by atoms with Crippen molar-refractivity contribution in [2.24, 2.45) is 5.92 Å². The van der Waals surface area contributed by atoms with Gasteiger partial charge in [-0.3, -0.25) is 9.59 Å². The summed E-state index contributed by atoms with van der Waals surface area (Å²) < 4.78 is 0. The van der Waals surface area contributed by atoms with Crippen LogP contribution in [0.25, 0.3) is 0 Å². The molecule has 5 nitrogen and oxygen atoms in total. The zero-order valence-corrected chi connectivity index (χ0v) is 12.8. The molecule has 1 saturated carbocycles. The number of nitrogens with one attached hydrogen (secondary N) is 2. The smallest absolute Gasteiger partial charge is 0.262 e. The lowest BCUT2D eigenvalue weighted by Gasteiger charge is -2.23. The second-order valence-electron chi connectivity index (χ2n) is 5.44. The van der Waals surface area contributed by atoms with E-state index in [1.807, 2.05) is 0 Å². The average molecular weight is 310 g/mol. The second kappa shape index (κ2) is 8.14. The molecule has 0 saturated heterocycles. The highest BCUT2D eigenvalue weighted by molar-refractivity contribution is 7.12. The van der Waals surface area contributed by atoms with E-state index < -0.39 is 12.6 Å². The first-order chi connectivity index (χ1) is 10.2. The van der Waals surface area contributed by atoms with Gasteiger partial charge in [-0.2, -0.15) is 0 Å². The van der Waals surface area contributed by atoms with Crippen LogP contribution in [0.15, 0.2) is 17.5 Å². The van der Waals surface area contributed by atoms with E-state index in [2.05, 4.69) is 10.6 Å². The van der Waals surface area contributed by atoms with Crippen LogP contribution in [0.3, 0.4) is 0 Å². The van der Waals surface area contributed by atoms with Gasteiger partial charge in [0.05, 0.1) is 11.5 Å². The summed E-state index contributed by atoms with van der Waals surface area (Å²) in [6, 6.07) is 2.58. The fourth-order valence-electron chi connectivity index (χ4n) is 2.59. The van der Waals surface area contributed by atoms with Crippen LogP contribution in [-0.4, -0.2) is 36.1 Å². The Morgan fingerprint density at radius 3 is 2.71 bits per heavy atom. The number of hydrogen-bond donors (Lipinski definition) is 3. The molecule has 1 unspecified atom stereocenters. The molecule has 2 amide bonds. The van der Waals surface area contributed by atoms with Crippen molar-refractivity contribution in [2.45, 2.75) is 38.1 Å². The van der Waals surface area contributed by atoms with E-state index in [1.165, 1.54) is 30.6 Å². The van der Waals surface area contributed by atoms with Gasteiger partial charge in [-0.15, -0.1) is 11.3 Å². The van der Waals surface area contributed by atoms with E-state index in [4.69, 9.17) is 0 Å². The van der Waals surface area contributed by atoms with Gasteiger partial charge in [-0.05, 0) is 30.2 Å². The molecule has 0 radical (unpaired) electrons. The predicted octanol–water partition coefficient (Wildman–Crippen LogP) is 1.54. The standard InChI is InChI=1S/C15H22N2O3S/c18-10-12(17-15(20)13-7-4-8-21-13)14(19)16-9-11-5-2-1-3-6-11/h4,7-8,11-12,18H,1-3,5-6,9-10H2,(H,16,19)(H,17,20). The molecule has 21 heavy (non-hydrogen) atoms. The lowest BCUT2D eigenvalue weighted by Crippen LogP contribution is -2.49. The molecule has 1 aromatic heterocycles. The summed E-state index contributed by atoms with van der Waals surface area (Å²) in [5.74, 6) is -0.111. The van der Waals surface area contributed by atoms with E-state index in [-0.39, 0.29) is 11.8 Å². The number of aliphatic hydroxyl groups is 1. The second-order valence-corrected chi connectivity index (χ2v) is 6.38. The molecule has 0 bridgehead atoms. The third-order valence-electron chi connectivity index (χ3n) is 3.84. The molecule has 1 aliphatic rings. The van der Waals surface area contributed by atoms with Crippen molar-refractivity contribution in [2.75, 3.05) is 13.2 Å². The third-order valence-corrected chi connectivity index (χ3v) is 4.71. The van der Waals surface area contributed by atoms with Crippen LogP contribution in [-0.2, 0) is 4.79 Å². The number of carbonyl (C=O) groups is 2. The van der Waals surface area contributed by atoms with Crippen molar-refractivity contribution in [3.05, 3.63) is 22.4 Å². The molecule has 1 heterocycles. The van der Waals surface area contributed by atoms with Crippen LogP contribution in [0.2, 0.25) is 0 Å². The van der Waals surface area contributed by atoms with Crippen molar-refractivity contribution in [1.29, 1.82) is 0 Å². The maximum Gasteiger partial charge on any atom is 0.262 e. The highest BCUT2D eigenvalue weighted by Crippen LogP contribution is 2.22. The Hall–Kier alpha value is -1.40. The van der Waals surface area contributed by atoms with Gasteiger partial charge in [0, 0.05) is 6.54 Å². The first-order valence-corrected chi connectivity index (χ1v) is 8.31. The van der Waals surface area contributed by atoms with Crippen LogP contribution in [0.1, 0.15) is 41.8 Å². The molecule has 0 aliphatic heterocycles. The van der Waals surface area contributed by atoms with Gasteiger partial charge in [0.2, 0.25) is 5.91 Å². The van der Waals surface area contributed by atoms with Crippen molar-refractivity contribution < 1.29 is 14.7 Å². The zero-order chi connectivity index (χ0) is 15.1. The highest BCUT2D eigenvalue weighted by Gasteiger charge is 2.22. The Kier molecular flexibility index (Phi) is 6.20. The van der Waals surface area contributed by atoms with Gasteiger partial charge in [0.15, 0.2) is 0 Å². The summed E-state index contributed by atoms with van der Waals surface area (Å²) >= 11 is 1.31. The molecular formula is C15H22N2O3S. The SMILES string of the molecule is O=C(NC(CO)C(=O)NCC1CCCCC1)c1cccs1. The molecule has 0 spiro atoms. The van der Waals surface area contributed by atoms with Crippen LogP contribution in [0.4, 0.5) is 0 Å². The summed E-state index contributed by atoms with van der Waals surface area (Å²) in [5, 5.41) is 16.5. The first kappa shape index (κ1) is 16.0.